The van der Waals surface area contributed by atoms with E-state index in [0.29, 0.717) is 16.7 Å². The quantitative estimate of drug-likeness (QED) is 0.285. The van der Waals surface area contributed by atoms with Crippen LogP contribution in [0.1, 0.15) is 32.7 Å². The molecule has 0 spiro atoms. The number of methoxy groups -OCH3 is 3. The summed E-state index contributed by atoms with van der Waals surface area (Å²) in [5.74, 6) is -0.428. The number of hydrogen-bond donors (Lipinski definition) is 0. The van der Waals surface area contributed by atoms with E-state index in [0.717, 1.165) is 22.4 Å². The van der Waals surface area contributed by atoms with Crippen LogP contribution in [0, 0.1) is 27.7 Å². The number of rotatable bonds is 7. The van der Waals surface area contributed by atoms with E-state index in [9.17, 15) is 4.79 Å². The van der Waals surface area contributed by atoms with E-state index in [1.165, 1.54) is 29.4 Å². The van der Waals surface area contributed by atoms with Crippen LogP contribution >= 0.6 is 15.9 Å². The Hall–Kier alpha value is -2.41. The molecule has 5 nitrogen and oxygen atoms in total. The highest BCUT2D eigenvalue weighted by Gasteiger charge is 2.29. The minimum Gasteiger partial charge on any atom is -0.464 e. The number of carbonyl (C=O) groups excluding carboxylic acids is 1. The Labute approximate surface area is 198 Å². The first-order valence-corrected chi connectivity index (χ1v) is 11.2. The van der Waals surface area contributed by atoms with Crippen molar-refractivity contribution in [3.8, 4) is 22.4 Å². The summed E-state index contributed by atoms with van der Waals surface area (Å²) in [5, 5.41) is 0. The van der Waals surface area contributed by atoms with E-state index in [1.807, 2.05) is 4.57 Å². The van der Waals surface area contributed by atoms with Crippen molar-refractivity contribution < 1.29 is 19.0 Å². The number of aryl methyl sites for hydroxylation is 4. The Morgan fingerprint density at radius 1 is 0.875 bits per heavy atom. The molecular formula is C26H30BrNO4. The van der Waals surface area contributed by atoms with E-state index in [-0.39, 0.29) is 0 Å². The van der Waals surface area contributed by atoms with Crippen molar-refractivity contribution in [1.29, 1.82) is 0 Å². The zero-order valence-electron chi connectivity index (χ0n) is 19.7. The minimum atomic E-state index is -0.532. The molecule has 0 atom stereocenters. The number of nitrogens with zero attached hydrogens (tertiary/aromatic N) is 1. The zero-order valence-corrected chi connectivity index (χ0v) is 21.3. The van der Waals surface area contributed by atoms with Crippen LogP contribution in [0.3, 0.4) is 0 Å². The lowest BCUT2D eigenvalue weighted by atomic mass is 9.96. The minimum absolute atomic E-state index is 0.323. The summed E-state index contributed by atoms with van der Waals surface area (Å²) in [6, 6.07) is 12.7. The van der Waals surface area contributed by atoms with Gasteiger partial charge >= 0.3 is 5.97 Å². The number of benzene rings is 2. The first-order valence-electron chi connectivity index (χ1n) is 10.4. The Morgan fingerprint density at radius 3 is 1.91 bits per heavy atom. The number of hydrogen-bond acceptors (Lipinski definition) is 4. The van der Waals surface area contributed by atoms with Gasteiger partial charge in [0.2, 0.25) is 0 Å². The lowest BCUT2D eigenvalue weighted by Gasteiger charge is -2.20. The van der Waals surface area contributed by atoms with Gasteiger partial charge in [-0.05, 0) is 83.1 Å². The molecule has 32 heavy (non-hydrogen) atoms. The maximum Gasteiger partial charge on any atom is 0.355 e. The number of carbonyl (C=O) groups is 1. The standard InChI is InChI=1S/C26H30BrNO4/c1-15-8-10-19(12-17(15)3)22-23(27)25(26(29)32-7)28(14-21(30-5)31-6)24(22)20-11-9-16(2)18(4)13-20/h8-13,21H,14H2,1-7H3. The van der Waals surface area contributed by atoms with Gasteiger partial charge in [0.05, 0.1) is 23.8 Å². The SMILES string of the molecule is COC(=O)c1c(Br)c(-c2ccc(C)c(C)c2)c(-c2ccc(C)c(C)c2)n1CC(OC)OC. The average Bonchev–Trinajstić information content (AvgIpc) is 3.06. The summed E-state index contributed by atoms with van der Waals surface area (Å²) in [7, 11) is 4.57. The van der Waals surface area contributed by atoms with Crippen molar-refractivity contribution >= 4 is 21.9 Å². The fourth-order valence-electron chi connectivity index (χ4n) is 3.81. The van der Waals surface area contributed by atoms with Gasteiger partial charge in [-0.2, -0.15) is 0 Å². The van der Waals surface area contributed by atoms with Crippen LogP contribution in [0.25, 0.3) is 22.4 Å². The largest absolute Gasteiger partial charge is 0.464 e. The van der Waals surface area contributed by atoms with Gasteiger partial charge in [-0.25, -0.2) is 4.79 Å². The summed E-state index contributed by atoms with van der Waals surface area (Å²) in [6.45, 7) is 8.68. The second-order valence-corrected chi connectivity index (χ2v) is 8.78. The molecule has 0 fully saturated rings. The fraction of sp³-hybridized carbons (Fsp3) is 0.346. The second-order valence-electron chi connectivity index (χ2n) is 7.99. The van der Waals surface area contributed by atoms with Crippen LogP contribution in [0.15, 0.2) is 40.9 Å². The molecule has 0 aliphatic heterocycles. The van der Waals surface area contributed by atoms with E-state index >= 15 is 0 Å². The lowest BCUT2D eigenvalue weighted by molar-refractivity contribution is -0.110. The normalized spacial score (nSPS) is 11.3. The Bertz CT molecular complexity index is 1150. The van der Waals surface area contributed by atoms with Crippen molar-refractivity contribution in [1.82, 2.24) is 4.57 Å². The molecule has 170 valence electrons. The molecule has 1 heterocycles. The van der Waals surface area contributed by atoms with Gasteiger partial charge in [0.15, 0.2) is 6.29 Å². The Morgan fingerprint density at radius 2 is 1.41 bits per heavy atom. The van der Waals surface area contributed by atoms with Gasteiger partial charge < -0.3 is 18.8 Å². The molecule has 6 heteroatoms. The van der Waals surface area contributed by atoms with Gasteiger partial charge in [-0.3, -0.25) is 0 Å². The second kappa shape index (κ2) is 10.0. The predicted molar refractivity (Wildman–Crippen MR) is 131 cm³/mol. The summed E-state index contributed by atoms with van der Waals surface area (Å²) in [4.78, 5) is 12.9. The molecule has 0 aliphatic rings. The number of esters is 1. The molecule has 0 N–H and O–H groups in total. The van der Waals surface area contributed by atoms with Gasteiger partial charge in [-0.15, -0.1) is 0 Å². The van der Waals surface area contributed by atoms with Gasteiger partial charge in [-0.1, -0.05) is 30.3 Å². The third kappa shape index (κ3) is 4.53. The average molecular weight is 500 g/mol. The van der Waals surface area contributed by atoms with Crippen molar-refractivity contribution in [2.24, 2.45) is 0 Å². The maximum absolute atomic E-state index is 12.9. The van der Waals surface area contributed by atoms with E-state index in [1.54, 1.807) is 14.2 Å². The molecule has 0 saturated heterocycles. The third-order valence-electron chi connectivity index (χ3n) is 6.02. The fourth-order valence-corrected chi connectivity index (χ4v) is 4.60. The van der Waals surface area contributed by atoms with E-state index in [4.69, 9.17) is 14.2 Å². The zero-order chi connectivity index (χ0) is 23.6. The van der Waals surface area contributed by atoms with E-state index in [2.05, 4.69) is 80.0 Å². The van der Waals surface area contributed by atoms with Crippen molar-refractivity contribution in [2.45, 2.75) is 40.5 Å². The molecule has 2 aromatic carbocycles. The Balaban J connectivity index is 2.43. The topological polar surface area (TPSA) is 49.7 Å². The van der Waals surface area contributed by atoms with Crippen molar-refractivity contribution in [3.05, 3.63) is 68.8 Å². The highest BCUT2D eigenvalue weighted by atomic mass is 79.9. The predicted octanol–water partition coefficient (Wildman–Crippen LogP) is 6.22. The lowest BCUT2D eigenvalue weighted by Crippen LogP contribution is -2.24. The van der Waals surface area contributed by atoms with Crippen molar-refractivity contribution in [3.63, 3.8) is 0 Å². The molecule has 0 radical (unpaired) electrons. The molecule has 3 rings (SSSR count). The van der Waals surface area contributed by atoms with Crippen LogP contribution < -0.4 is 0 Å². The van der Waals surface area contributed by atoms with Gasteiger partial charge in [0, 0.05) is 19.8 Å². The summed E-state index contributed by atoms with van der Waals surface area (Å²) >= 11 is 3.73. The number of halogens is 1. The summed E-state index contributed by atoms with van der Waals surface area (Å²) in [6.07, 6.45) is -0.532. The van der Waals surface area contributed by atoms with Crippen LogP contribution in [-0.4, -0.2) is 38.2 Å². The van der Waals surface area contributed by atoms with Gasteiger partial charge in [0.25, 0.3) is 0 Å². The molecule has 0 unspecified atom stereocenters. The van der Waals surface area contributed by atoms with Gasteiger partial charge in [0.1, 0.15) is 5.69 Å². The molecule has 0 aliphatic carbocycles. The number of ether oxygens (including phenoxy) is 3. The smallest absolute Gasteiger partial charge is 0.355 e. The number of aromatic nitrogens is 1. The van der Waals surface area contributed by atoms with Crippen molar-refractivity contribution in [2.75, 3.05) is 21.3 Å². The molecule has 0 saturated carbocycles. The summed E-state index contributed by atoms with van der Waals surface area (Å²) < 4.78 is 18.7. The molecule has 1 aromatic heterocycles. The first kappa shape index (κ1) is 24.2. The molecule has 3 aromatic rings. The Kier molecular flexibility index (Phi) is 7.59. The highest BCUT2D eigenvalue weighted by Crippen LogP contribution is 2.43. The van der Waals surface area contributed by atoms with Crippen LogP contribution in [0.2, 0.25) is 0 Å². The molecular weight excluding hydrogens is 470 g/mol. The summed E-state index contributed by atoms with van der Waals surface area (Å²) in [5.41, 5.74) is 9.05. The monoisotopic (exact) mass is 499 g/mol. The highest BCUT2D eigenvalue weighted by molar-refractivity contribution is 9.10. The van der Waals surface area contributed by atoms with Crippen LogP contribution in [0.4, 0.5) is 0 Å². The molecule has 0 bridgehead atoms. The van der Waals surface area contributed by atoms with Crippen LogP contribution in [0.5, 0.6) is 0 Å². The molecule has 0 amide bonds. The van der Waals surface area contributed by atoms with E-state index < -0.39 is 12.3 Å². The van der Waals surface area contributed by atoms with Crippen LogP contribution in [-0.2, 0) is 20.8 Å². The first-order chi connectivity index (χ1) is 15.2. The third-order valence-corrected chi connectivity index (χ3v) is 6.79. The maximum atomic E-state index is 12.9.